The van der Waals surface area contributed by atoms with E-state index in [9.17, 15) is 8.42 Å². The first-order chi connectivity index (χ1) is 14.4. The molecule has 1 aromatic carbocycles. The predicted molar refractivity (Wildman–Crippen MR) is 114 cm³/mol. The largest absolute Gasteiger partial charge is 0.478 e. The van der Waals surface area contributed by atoms with Crippen LogP contribution in [0.3, 0.4) is 0 Å². The number of aromatic nitrogens is 3. The zero-order chi connectivity index (χ0) is 21.6. The molecule has 0 saturated carbocycles. The van der Waals surface area contributed by atoms with Gasteiger partial charge in [-0.15, -0.1) is 6.58 Å². The van der Waals surface area contributed by atoms with Gasteiger partial charge in [0.25, 0.3) is 15.9 Å². The number of ether oxygens (including phenoxy) is 2. The summed E-state index contributed by atoms with van der Waals surface area (Å²) < 4.78 is 39.2. The first kappa shape index (κ1) is 21.4. The summed E-state index contributed by atoms with van der Waals surface area (Å²) in [7, 11) is -2.60. The maximum atomic E-state index is 13.1. The second-order valence-corrected chi connectivity index (χ2v) is 7.98. The molecule has 156 valence electrons. The summed E-state index contributed by atoms with van der Waals surface area (Å²) in [5, 5.41) is 0. The van der Waals surface area contributed by atoms with Gasteiger partial charge in [0.2, 0.25) is 5.82 Å². The zero-order valence-corrected chi connectivity index (χ0v) is 17.5. The van der Waals surface area contributed by atoms with Gasteiger partial charge in [0.05, 0.1) is 37.9 Å². The van der Waals surface area contributed by atoms with E-state index in [1.54, 1.807) is 37.4 Å². The van der Waals surface area contributed by atoms with Crippen LogP contribution < -0.4 is 9.46 Å². The van der Waals surface area contributed by atoms with Crippen molar-refractivity contribution in [2.45, 2.75) is 18.4 Å². The average molecular weight is 426 g/mol. The second kappa shape index (κ2) is 9.47. The van der Waals surface area contributed by atoms with Crippen LogP contribution in [0.1, 0.15) is 11.3 Å². The van der Waals surface area contributed by atoms with E-state index in [1.807, 2.05) is 12.1 Å². The minimum absolute atomic E-state index is 0.00705. The molecule has 9 heteroatoms. The van der Waals surface area contributed by atoms with Crippen molar-refractivity contribution in [2.75, 3.05) is 18.4 Å². The number of nitrogens with one attached hydrogen (secondary N) is 1. The normalized spacial score (nSPS) is 11.1. The summed E-state index contributed by atoms with van der Waals surface area (Å²) in [6.07, 6.45) is 4.68. The van der Waals surface area contributed by atoms with Crippen LogP contribution >= 0.6 is 0 Å². The van der Waals surface area contributed by atoms with Gasteiger partial charge >= 0.3 is 0 Å². The molecule has 0 aliphatic carbocycles. The first-order valence-electron chi connectivity index (χ1n) is 9.08. The van der Waals surface area contributed by atoms with Gasteiger partial charge in [0, 0.05) is 11.8 Å². The quantitative estimate of drug-likeness (QED) is 0.413. The average Bonchev–Trinajstić information content (AvgIpc) is 2.75. The van der Waals surface area contributed by atoms with Gasteiger partial charge in [-0.3, -0.25) is 9.71 Å². The van der Waals surface area contributed by atoms with E-state index < -0.39 is 10.0 Å². The fourth-order valence-electron chi connectivity index (χ4n) is 2.69. The van der Waals surface area contributed by atoms with E-state index in [1.165, 1.54) is 19.4 Å². The molecular formula is C21H22N4O4S. The number of rotatable bonds is 9. The minimum atomic E-state index is -4.00. The summed E-state index contributed by atoms with van der Waals surface area (Å²) in [5.41, 5.74) is 2.54. The minimum Gasteiger partial charge on any atom is -0.478 e. The maximum absolute atomic E-state index is 13.1. The Morgan fingerprint density at radius 3 is 2.63 bits per heavy atom. The molecule has 0 bridgehead atoms. The van der Waals surface area contributed by atoms with Crippen molar-refractivity contribution in [3.05, 3.63) is 72.7 Å². The fourth-order valence-corrected chi connectivity index (χ4v) is 3.88. The van der Waals surface area contributed by atoms with Crippen molar-refractivity contribution in [1.29, 1.82) is 0 Å². The molecule has 30 heavy (non-hydrogen) atoms. The smallest absolute Gasteiger partial charge is 0.265 e. The van der Waals surface area contributed by atoms with Crippen molar-refractivity contribution >= 4 is 15.8 Å². The molecule has 0 amide bonds. The molecule has 0 fully saturated rings. The lowest BCUT2D eigenvalue weighted by molar-refractivity contribution is 0.149. The summed E-state index contributed by atoms with van der Waals surface area (Å²) >= 11 is 0. The van der Waals surface area contributed by atoms with Gasteiger partial charge in [0.15, 0.2) is 0 Å². The van der Waals surface area contributed by atoms with Crippen LogP contribution in [0.5, 0.6) is 5.88 Å². The van der Waals surface area contributed by atoms with Crippen molar-refractivity contribution < 1.29 is 17.9 Å². The Bertz CT molecular complexity index is 1130. The molecule has 0 spiro atoms. The van der Waals surface area contributed by atoms with E-state index in [-0.39, 0.29) is 16.6 Å². The van der Waals surface area contributed by atoms with Gasteiger partial charge in [-0.25, -0.2) is 18.4 Å². The number of pyridine rings is 1. The Morgan fingerprint density at radius 1 is 1.17 bits per heavy atom. The van der Waals surface area contributed by atoms with E-state index >= 15 is 0 Å². The Kier molecular flexibility index (Phi) is 6.76. The van der Waals surface area contributed by atoms with E-state index in [0.29, 0.717) is 30.2 Å². The first-order valence-corrected chi connectivity index (χ1v) is 10.6. The number of hydrogen-bond donors (Lipinski definition) is 1. The van der Waals surface area contributed by atoms with Crippen molar-refractivity contribution in [3.63, 3.8) is 0 Å². The molecule has 0 unspecified atom stereocenters. The van der Waals surface area contributed by atoms with Crippen molar-refractivity contribution in [2.24, 2.45) is 0 Å². The van der Waals surface area contributed by atoms with E-state index in [0.717, 1.165) is 5.56 Å². The Labute approximate surface area is 175 Å². The molecule has 0 aliphatic rings. The molecule has 1 N–H and O–H groups in total. The second-order valence-electron chi connectivity index (χ2n) is 6.33. The standard InChI is InChI=1S/C21H22N4O4S/c1-4-12-29-14-16-7-9-17(10-8-16)19-18(6-5-11-22-19)30(26,27)25-20-21(28-3)24-15(2)13-23-20/h4-11,13H,1,12,14H2,2-3H3,(H,23,25). The van der Waals surface area contributed by atoms with Crippen LogP contribution in [0, 0.1) is 6.92 Å². The van der Waals surface area contributed by atoms with E-state index in [2.05, 4.69) is 26.3 Å². The van der Waals surface area contributed by atoms with Gasteiger partial charge in [0.1, 0.15) is 4.90 Å². The van der Waals surface area contributed by atoms with Crippen molar-refractivity contribution in [1.82, 2.24) is 15.0 Å². The van der Waals surface area contributed by atoms with Gasteiger partial charge in [-0.05, 0) is 24.6 Å². The lowest BCUT2D eigenvalue weighted by atomic mass is 10.1. The van der Waals surface area contributed by atoms with Crippen LogP contribution in [0.2, 0.25) is 0 Å². The highest BCUT2D eigenvalue weighted by molar-refractivity contribution is 7.92. The summed E-state index contributed by atoms with van der Waals surface area (Å²) in [5.74, 6) is 0.0977. The van der Waals surface area contributed by atoms with Gasteiger partial charge in [-0.2, -0.15) is 0 Å². The van der Waals surface area contributed by atoms with Crippen molar-refractivity contribution in [3.8, 4) is 17.1 Å². The maximum Gasteiger partial charge on any atom is 0.265 e. The van der Waals surface area contributed by atoms with Crippen LogP contribution in [0.15, 0.2) is 66.3 Å². The number of nitrogens with zero attached hydrogens (tertiary/aromatic N) is 3. The number of methoxy groups -OCH3 is 1. The van der Waals surface area contributed by atoms with Crippen LogP contribution in [-0.2, 0) is 21.4 Å². The Hall–Kier alpha value is -3.30. The predicted octanol–water partition coefficient (Wildman–Crippen LogP) is 3.36. The van der Waals surface area contributed by atoms with Crippen LogP contribution in [0.4, 0.5) is 5.82 Å². The van der Waals surface area contributed by atoms with E-state index in [4.69, 9.17) is 9.47 Å². The zero-order valence-electron chi connectivity index (χ0n) is 16.7. The highest BCUT2D eigenvalue weighted by Crippen LogP contribution is 2.28. The third-order valence-corrected chi connectivity index (χ3v) is 5.45. The number of sulfonamides is 1. The number of anilines is 1. The third-order valence-electron chi connectivity index (χ3n) is 4.08. The molecule has 3 rings (SSSR count). The molecule has 0 saturated heterocycles. The molecular weight excluding hydrogens is 404 g/mol. The molecule has 3 aromatic rings. The summed E-state index contributed by atoms with van der Waals surface area (Å²) in [4.78, 5) is 12.5. The summed E-state index contributed by atoms with van der Waals surface area (Å²) in [6, 6.07) is 10.4. The van der Waals surface area contributed by atoms with Gasteiger partial charge in [-0.1, -0.05) is 30.3 Å². The van der Waals surface area contributed by atoms with Crippen LogP contribution in [0.25, 0.3) is 11.3 Å². The highest BCUT2D eigenvalue weighted by Gasteiger charge is 2.23. The molecule has 2 heterocycles. The topological polar surface area (TPSA) is 103 Å². The molecule has 0 aliphatic heterocycles. The number of aryl methyl sites for hydroxylation is 1. The lowest BCUT2D eigenvalue weighted by Crippen LogP contribution is -2.16. The van der Waals surface area contributed by atoms with Gasteiger partial charge < -0.3 is 9.47 Å². The summed E-state index contributed by atoms with van der Waals surface area (Å²) in [6.45, 7) is 6.24. The fraction of sp³-hybridized carbons (Fsp3) is 0.190. The molecule has 2 aromatic heterocycles. The molecule has 0 radical (unpaired) electrons. The lowest BCUT2D eigenvalue weighted by Gasteiger charge is -2.13. The number of hydrogen-bond acceptors (Lipinski definition) is 7. The number of benzene rings is 1. The SMILES string of the molecule is C=CCOCc1ccc(-c2ncccc2S(=O)(=O)Nc2ncc(C)nc2OC)cc1. The highest BCUT2D eigenvalue weighted by atomic mass is 32.2. The van der Waals surface area contributed by atoms with Crippen LogP contribution in [-0.4, -0.2) is 37.1 Å². The monoisotopic (exact) mass is 426 g/mol. The molecule has 8 nitrogen and oxygen atoms in total. The molecule has 0 atom stereocenters. The Balaban J connectivity index is 1.92. The third kappa shape index (κ3) is 5.00. The Morgan fingerprint density at radius 2 is 1.93 bits per heavy atom.